The molecule has 0 saturated heterocycles. The maximum absolute atomic E-state index is 11.3. The van der Waals surface area contributed by atoms with Crippen molar-refractivity contribution in [1.29, 1.82) is 0 Å². The first kappa shape index (κ1) is 14.6. The van der Waals surface area contributed by atoms with E-state index in [1.54, 1.807) is 0 Å². The molecular weight excluding hydrogens is 230 g/mol. The largest absolute Gasteiger partial charge is 0.444 e. The third-order valence-electron chi connectivity index (χ3n) is 2.33. The van der Waals surface area contributed by atoms with Crippen molar-refractivity contribution in [3.63, 3.8) is 0 Å². The van der Waals surface area contributed by atoms with E-state index in [0.29, 0.717) is 13.1 Å². The van der Waals surface area contributed by atoms with Crippen LogP contribution in [0.5, 0.6) is 0 Å². The number of amides is 1. The summed E-state index contributed by atoms with van der Waals surface area (Å²) in [4.78, 5) is 11.3. The summed E-state index contributed by atoms with van der Waals surface area (Å²) < 4.78 is 7.19. The van der Waals surface area contributed by atoms with Gasteiger partial charge in [0.05, 0.1) is 0 Å². The lowest BCUT2D eigenvalue weighted by Crippen LogP contribution is -2.36. The van der Waals surface area contributed by atoms with Crippen molar-refractivity contribution in [2.75, 3.05) is 13.1 Å². The average Bonchev–Trinajstić information content (AvgIpc) is 2.61. The van der Waals surface area contributed by atoms with Crippen molar-refractivity contribution in [3.8, 4) is 0 Å². The molecule has 0 aliphatic heterocycles. The monoisotopic (exact) mass is 253 g/mol. The third-order valence-corrected chi connectivity index (χ3v) is 2.33. The first-order valence-corrected chi connectivity index (χ1v) is 6.16. The summed E-state index contributed by atoms with van der Waals surface area (Å²) in [6, 6.07) is 4.07. The lowest BCUT2D eigenvalue weighted by Gasteiger charge is -2.19. The summed E-state index contributed by atoms with van der Waals surface area (Å²) in [6.45, 7) is 7.60. The van der Waals surface area contributed by atoms with Crippen molar-refractivity contribution >= 4 is 6.09 Å². The molecule has 18 heavy (non-hydrogen) atoms. The lowest BCUT2D eigenvalue weighted by atomic mass is 10.2. The van der Waals surface area contributed by atoms with Gasteiger partial charge in [-0.3, -0.25) is 0 Å². The molecule has 0 aliphatic carbocycles. The van der Waals surface area contributed by atoms with Crippen molar-refractivity contribution in [2.45, 2.75) is 32.9 Å². The molecule has 0 aromatic carbocycles. The number of rotatable bonds is 5. The molecule has 2 N–H and O–H groups in total. The molecule has 102 valence electrons. The molecule has 1 amide bonds. The predicted molar refractivity (Wildman–Crippen MR) is 71.4 cm³/mol. The smallest absolute Gasteiger partial charge is 0.407 e. The van der Waals surface area contributed by atoms with Crippen molar-refractivity contribution in [3.05, 3.63) is 24.0 Å². The van der Waals surface area contributed by atoms with E-state index < -0.39 is 5.60 Å². The zero-order valence-electron chi connectivity index (χ0n) is 11.6. The molecule has 0 fully saturated rings. The second-order valence-corrected chi connectivity index (χ2v) is 5.22. The van der Waals surface area contributed by atoms with Crippen LogP contribution in [-0.4, -0.2) is 29.4 Å². The van der Waals surface area contributed by atoms with E-state index in [9.17, 15) is 4.79 Å². The fraction of sp³-hybridized carbons (Fsp3) is 0.615. The SMILES string of the molecule is Cn1cccc1CNCCNC(=O)OC(C)(C)C. The number of carbonyl (C=O) groups excluding carboxylic acids is 1. The van der Waals surface area contributed by atoms with Gasteiger partial charge in [0, 0.05) is 38.6 Å². The fourth-order valence-corrected chi connectivity index (χ4v) is 1.46. The van der Waals surface area contributed by atoms with Crippen molar-refractivity contribution < 1.29 is 9.53 Å². The minimum atomic E-state index is -0.444. The van der Waals surface area contributed by atoms with Crippen LogP contribution in [0.3, 0.4) is 0 Å². The van der Waals surface area contributed by atoms with Gasteiger partial charge in [-0.25, -0.2) is 4.79 Å². The topological polar surface area (TPSA) is 55.3 Å². The number of hydrogen-bond donors (Lipinski definition) is 2. The van der Waals surface area contributed by atoms with E-state index in [0.717, 1.165) is 6.54 Å². The molecular formula is C13H23N3O2. The van der Waals surface area contributed by atoms with Gasteiger partial charge >= 0.3 is 6.09 Å². The molecule has 0 saturated carbocycles. The van der Waals surface area contributed by atoms with Crippen LogP contribution in [0.15, 0.2) is 18.3 Å². The van der Waals surface area contributed by atoms with Gasteiger partial charge in [-0.05, 0) is 32.9 Å². The summed E-state index contributed by atoms with van der Waals surface area (Å²) in [5, 5.41) is 5.96. The molecule has 1 aromatic rings. The molecule has 0 bridgehead atoms. The number of alkyl carbamates (subject to hydrolysis) is 1. The number of ether oxygens (including phenoxy) is 1. The average molecular weight is 253 g/mol. The molecule has 1 heterocycles. The van der Waals surface area contributed by atoms with E-state index in [4.69, 9.17) is 4.74 Å². The van der Waals surface area contributed by atoms with E-state index in [1.165, 1.54) is 5.69 Å². The Kier molecular flexibility index (Phi) is 5.22. The van der Waals surface area contributed by atoms with Crippen molar-refractivity contribution in [2.24, 2.45) is 7.05 Å². The van der Waals surface area contributed by atoms with Gasteiger partial charge in [-0.2, -0.15) is 0 Å². The van der Waals surface area contributed by atoms with Gasteiger partial charge in [0.2, 0.25) is 0 Å². The Morgan fingerprint density at radius 1 is 1.39 bits per heavy atom. The number of aryl methyl sites for hydroxylation is 1. The number of nitrogens with one attached hydrogen (secondary N) is 2. The summed E-state index contributed by atoms with van der Waals surface area (Å²) in [5.41, 5.74) is 0.771. The number of aromatic nitrogens is 1. The molecule has 1 aromatic heterocycles. The summed E-state index contributed by atoms with van der Waals surface area (Å²) >= 11 is 0. The maximum atomic E-state index is 11.3. The highest BCUT2D eigenvalue weighted by Crippen LogP contribution is 2.06. The normalized spacial score (nSPS) is 11.3. The second kappa shape index (κ2) is 6.44. The lowest BCUT2D eigenvalue weighted by molar-refractivity contribution is 0.0528. The summed E-state index contributed by atoms with van der Waals surface area (Å²) in [5.74, 6) is 0. The van der Waals surface area contributed by atoms with Crippen molar-refractivity contribution in [1.82, 2.24) is 15.2 Å². The van der Waals surface area contributed by atoms with Crippen LogP contribution in [0, 0.1) is 0 Å². The van der Waals surface area contributed by atoms with E-state index >= 15 is 0 Å². The van der Waals surface area contributed by atoms with Gasteiger partial charge in [0.15, 0.2) is 0 Å². The highest BCUT2D eigenvalue weighted by atomic mass is 16.6. The number of carbonyl (C=O) groups is 1. The Hall–Kier alpha value is -1.49. The highest BCUT2D eigenvalue weighted by Gasteiger charge is 2.15. The Balaban J connectivity index is 2.09. The minimum Gasteiger partial charge on any atom is -0.444 e. The van der Waals surface area contributed by atoms with Crippen LogP contribution < -0.4 is 10.6 Å². The number of hydrogen-bond acceptors (Lipinski definition) is 3. The second-order valence-electron chi connectivity index (χ2n) is 5.22. The summed E-state index contributed by atoms with van der Waals surface area (Å²) in [7, 11) is 2.01. The van der Waals surface area contributed by atoms with E-state index in [1.807, 2.05) is 40.1 Å². The molecule has 5 nitrogen and oxygen atoms in total. The van der Waals surface area contributed by atoms with E-state index in [2.05, 4.69) is 21.3 Å². The number of nitrogens with zero attached hydrogens (tertiary/aromatic N) is 1. The minimum absolute atomic E-state index is 0.372. The summed E-state index contributed by atoms with van der Waals surface area (Å²) in [6.07, 6.45) is 1.64. The van der Waals surface area contributed by atoms with Gasteiger partial charge in [0.25, 0.3) is 0 Å². The standard InChI is InChI=1S/C13H23N3O2/c1-13(2,3)18-12(17)15-8-7-14-10-11-6-5-9-16(11)4/h5-6,9,14H,7-8,10H2,1-4H3,(H,15,17). The third kappa shape index (κ3) is 5.72. The van der Waals surface area contributed by atoms with Crippen LogP contribution in [0.4, 0.5) is 4.79 Å². The molecule has 0 radical (unpaired) electrons. The fourth-order valence-electron chi connectivity index (χ4n) is 1.46. The highest BCUT2D eigenvalue weighted by molar-refractivity contribution is 5.67. The molecule has 1 rings (SSSR count). The Labute approximate surface area is 109 Å². The Bertz CT molecular complexity index is 380. The maximum Gasteiger partial charge on any atom is 0.407 e. The molecule has 0 aliphatic rings. The first-order chi connectivity index (χ1) is 8.38. The Morgan fingerprint density at radius 3 is 2.67 bits per heavy atom. The quantitative estimate of drug-likeness (QED) is 0.784. The van der Waals surface area contributed by atoms with Crippen LogP contribution >= 0.6 is 0 Å². The van der Waals surface area contributed by atoms with Gasteiger partial charge in [0.1, 0.15) is 5.60 Å². The predicted octanol–water partition coefficient (Wildman–Crippen LogP) is 1.64. The van der Waals surface area contributed by atoms with Crippen LogP contribution in [0.25, 0.3) is 0 Å². The molecule has 0 atom stereocenters. The van der Waals surface area contributed by atoms with Gasteiger partial charge in [-0.1, -0.05) is 0 Å². The Morgan fingerprint density at radius 2 is 2.11 bits per heavy atom. The van der Waals surface area contributed by atoms with Gasteiger partial charge < -0.3 is 19.9 Å². The molecule has 0 unspecified atom stereocenters. The first-order valence-electron chi connectivity index (χ1n) is 6.16. The molecule has 5 heteroatoms. The molecule has 0 spiro atoms. The zero-order valence-corrected chi connectivity index (χ0v) is 11.6. The van der Waals surface area contributed by atoms with Crippen LogP contribution in [-0.2, 0) is 18.3 Å². The van der Waals surface area contributed by atoms with E-state index in [-0.39, 0.29) is 6.09 Å². The van der Waals surface area contributed by atoms with Gasteiger partial charge in [-0.15, -0.1) is 0 Å². The van der Waals surface area contributed by atoms with Crippen LogP contribution in [0.1, 0.15) is 26.5 Å². The van der Waals surface area contributed by atoms with Crippen LogP contribution in [0.2, 0.25) is 0 Å². The zero-order chi connectivity index (χ0) is 13.6.